The lowest BCUT2D eigenvalue weighted by Gasteiger charge is -2.06. The lowest BCUT2D eigenvalue weighted by Crippen LogP contribution is -2.34. The van der Waals surface area contributed by atoms with Gasteiger partial charge in [-0.25, -0.2) is 4.98 Å². The van der Waals surface area contributed by atoms with Crippen LogP contribution in [0.5, 0.6) is 0 Å². The van der Waals surface area contributed by atoms with Crippen molar-refractivity contribution in [1.29, 1.82) is 0 Å². The molecule has 116 valence electrons. The molecule has 0 aliphatic rings. The summed E-state index contributed by atoms with van der Waals surface area (Å²) in [5.74, 6) is -0.277. The maximum atomic E-state index is 12.1. The first-order chi connectivity index (χ1) is 10.6. The van der Waals surface area contributed by atoms with E-state index >= 15 is 0 Å². The van der Waals surface area contributed by atoms with Crippen molar-refractivity contribution < 1.29 is 9.59 Å². The Morgan fingerprint density at radius 2 is 1.73 bits per heavy atom. The normalized spacial score (nSPS) is 10.3. The Balaban J connectivity index is 1.77. The highest BCUT2D eigenvalue weighted by Gasteiger charge is 2.14. The standard InChI is InChI=1S/C16H19N3O2S/c1-3-13-19-11(2)14(22-13)16(21)18-10-9-17-15(20)12-7-5-4-6-8-12/h4-8H,3,9-10H2,1-2H3,(H,17,20)(H,18,21). The second kappa shape index (κ2) is 7.70. The van der Waals surface area contributed by atoms with Crippen molar-refractivity contribution in [1.82, 2.24) is 15.6 Å². The number of carbonyl (C=O) groups is 2. The molecule has 0 bridgehead atoms. The monoisotopic (exact) mass is 317 g/mol. The summed E-state index contributed by atoms with van der Waals surface area (Å²) < 4.78 is 0. The molecular formula is C16H19N3O2S. The van der Waals surface area contributed by atoms with Crippen molar-refractivity contribution in [2.24, 2.45) is 0 Å². The van der Waals surface area contributed by atoms with Crippen molar-refractivity contribution in [2.45, 2.75) is 20.3 Å². The summed E-state index contributed by atoms with van der Waals surface area (Å²) in [4.78, 5) is 28.9. The maximum Gasteiger partial charge on any atom is 0.263 e. The minimum atomic E-state index is -0.142. The molecule has 2 rings (SSSR count). The van der Waals surface area contributed by atoms with Crippen molar-refractivity contribution >= 4 is 23.2 Å². The van der Waals surface area contributed by atoms with Crippen LogP contribution < -0.4 is 10.6 Å². The molecule has 0 atom stereocenters. The van der Waals surface area contributed by atoms with Gasteiger partial charge in [0.1, 0.15) is 4.88 Å². The fraction of sp³-hybridized carbons (Fsp3) is 0.312. The van der Waals surface area contributed by atoms with Crippen LogP contribution >= 0.6 is 11.3 Å². The molecular weight excluding hydrogens is 298 g/mol. The summed E-state index contributed by atoms with van der Waals surface area (Å²) in [5.41, 5.74) is 1.37. The first-order valence-corrected chi connectivity index (χ1v) is 8.01. The first kappa shape index (κ1) is 16.2. The number of rotatable bonds is 6. The minimum absolute atomic E-state index is 0.135. The van der Waals surface area contributed by atoms with Gasteiger partial charge < -0.3 is 10.6 Å². The average molecular weight is 317 g/mol. The summed E-state index contributed by atoms with van der Waals surface area (Å²) in [6.07, 6.45) is 0.825. The number of nitrogens with zero attached hydrogens (tertiary/aromatic N) is 1. The third kappa shape index (κ3) is 4.14. The molecule has 0 aliphatic carbocycles. The van der Waals surface area contributed by atoms with Gasteiger partial charge in [0.2, 0.25) is 0 Å². The van der Waals surface area contributed by atoms with Crippen LogP contribution in [0, 0.1) is 6.92 Å². The summed E-state index contributed by atoms with van der Waals surface area (Å²) in [5, 5.41) is 6.53. The number of hydrogen-bond donors (Lipinski definition) is 2. The highest BCUT2D eigenvalue weighted by molar-refractivity contribution is 7.13. The van der Waals surface area contributed by atoms with E-state index < -0.39 is 0 Å². The van der Waals surface area contributed by atoms with E-state index in [0.717, 1.165) is 17.1 Å². The minimum Gasteiger partial charge on any atom is -0.350 e. The Hall–Kier alpha value is -2.21. The average Bonchev–Trinajstić information content (AvgIpc) is 2.93. The lowest BCUT2D eigenvalue weighted by molar-refractivity contribution is 0.0929. The maximum absolute atomic E-state index is 12.1. The van der Waals surface area contributed by atoms with Crippen LogP contribution in [-0.2, 0) is 6.42 Å². The van der Waals surface area contributed by atoms with Gasteiger partial charge in [-0.05, 0) is 25.5 Å². The fourth-order valence-corrected chi connectivity index (χ4v) is 2.86. The number of carbonyl (C=O) groups excluding carboxylic acids is 2. The molecule has 0 saturated carbocycles. The topological polar surface area (TPSA) is 71.1 Å². The summed E-state index contributed by atoms with van der Waals surface area (Å²) in [7, 11) is 0. The van der Waals surface area contributed by atoms with Crippen molar-refractivity contribution in [3.05, 3.63) is 51.5 Å². The number of thiazole rings is 1. The summed E-state index contributed by atoms with van der Waals surface area (Å²) >= 11 is 1.42. The Kier molecular flexibility index (Phi) is 5.66. The van der Waals surface area contributed by atoms with Crippen LogP contribution in [0.4, 0.5) is 0 Å². The van der Waals surface area contributed by atoms with E-state index in [4.69, 9.17) is 0 Å². The molecule has 2 aromatic rings. The first-order valence-electron chi connectivity index (χ1n) is 7.19. The van der Waals surface area contributed by atoms with Crippen LogP contribution in [0.15, 0.2) is 30.3 Å². The number of hydrogen-bond acceptors (Lipinski definition) is 4. The molecule has 1 aromatic carbocycles. The molecule has 0 unspecified atom stereocenters. The van der Waals surface area contributed by atoms with Gasteiger partial charge in [-0.2, -0.15) is 0 Å². The van der Waals surface area contributed by atoms with E-state index in [0.29, 0.717) is 23.5 Å². The smallest absolute Gasteiger partial charge is 0.263 e. The fourth-order valence-electron chi connectivity index (χ4n) is 1.94. The zero-order valence-electron chi connectivity index (χ0n) is 12.7. The van der Waals surface area contributed by atoms with Crippen molar-refractivity contribution in [3.8, 4) is 0 Å². The van der Waals surface area contributed by atoms with E-state index in [1.165, 1.54) is 11.3 Å². The largest absolute Gasteiger partial charge is 0.350 e. The second-order valence-corrected chi connectivity index (χ2v) is 5.84. The number of amides is 2. The van der Waals surface area contributed by atoms with Gasteiger partial charge in [-0.3, -0.25) is 9.59 Å². The third-order valence-electron chi connectivity index (χ3n) is 3.08. The SMILES string of the molecule is CCc1nc(C)c(C(=O)NCCNC(=O)c2ccccc2)s1. The van der Waals surface area contributed by atoms with Gasteiger partial charge in [-0.1, -0.05) is 25.1 Å². The molecule has 5 nitrogen and oxygen atoms in total. The number of aromatic nitrogens is 1. The van der Waals surface area contributed by atoms with E-state index in [2.05, 4.69) is 15.6 Å². The Morgan fingerprint density at radius 1 is 1.09 bits per heavy atom. The number of nitrogens with one attached hydrogen (secondary N) is 2. The molecule has 2 amide bonds. The predicted molar refractivity (Wildman–Crippen MR) is 87.3 cm³/mol. The lowest BCUT2D eigenvalue weighted by atomic mass is 10.2. The van der Waals surface area contributed by atoms with Gasteiger partial charge in [-0.15, -0.1) is 11.3 Å². The summed E-state index contributed by atoms with van der Waals surface area (Å²) in [6.45, 7) is 4.62. The third-order valence-corrected chi connectivity index (χ3v) is 4.38. The Bertz CT molecular complexity index is 653. The molecule has 0 saturated heterocycles. The van der Waals surface area contributed by atoms with Crippen molar-refractivity contribution in [2.75, 3.05) is 13.1 Å². The van der Waals surface area contributed by atoms with Gasteiger partial charge >= 0.3 is 0 Å². The van der Waals surface area contributed by atoms with Gasteiger partial charge in [0.05, 0.1) is 10.7 Å². The quantitative estimate of drug-likeness (QED) is 0.802. The molecule has 0 spiro atoms. The Labute approximate surface area is 133 Å². The number of benzene rings is 1. The number of aryl methyl sites for hydroxylation is 2. The Morgan fingerprint density at radius 3 is 2.32 bits per heavy atom. The van der Waals surface area contributed by atoms with E-state index in [1.807, 2.05) is 32.0 Å². The van der Waals surface area contributed by atoms with Crippen LogP contribution in [0.2, 0.25) is 0 Å². The van der Waals surface area contributed by atoms with Crippen LogP contribution in [0.25, 0.3) is 0 Å². The zero-order valence-corrected chi connectivity index (χ0v) is 13.5. The van der Waals surface area contributed by atoms with Gasteiger partial charge in [0.25, 0.3) is 11.8 Å². The molecule has 1 heterocycles. The molecule has 0 aliphatic heterocycles. The van der Waals surface area contributed by atoms with Gasteiger partial charge in [0.15, 0.2) is 0 Å². The van der Waals surface area contributed by atoms with Crippen LogP contribution in [0.3, 0.4) is 0 Å². The van der Waals surface area contributed by atoms with E-state index in [9.17, 15) is 9.59 Å². The molecule has 22 heavy (non-hydrogen) atoms. The summed E-state index contributed by atoms with van der Waals surface area (Å²) in [6, 6.07) is 8.99. The zero-order chi connectivity index (χ0) is 15.9. The second-order valence-electron chi connectivity index (χ2n) is 4.75. The van der Waals surface area contributed by atoms with E-state index in [-0.39, 0.29) is 11.8 Å². The van der Waals surface area contributed by atoms with E-state index in [1.54, 1.807) is 12.1 Å². The molecule has 2 N–H and O–H groups in total. The van der Waals surface area contributed by atoms with Gasteiger partial charge in [0, 0.05) is 18.7 Å². The van der Waals surface area contributed by atoms with Crippen molar-refractivity contribution in [3.63, 3.8) is 0 Å². The molecule has 6 heteroatoms. The van der Waals surface area contributed by atoms with Crippen LogP contribution in [-0.4, -0.2) is 29.9 Å². The highest BCUT2D eigenvalue weighted by Crippen LogP contribution is 2.18. The molecule has 0 fully saturated rings. The van der Waals surface area contributed by atoms with Crippen LogP contribution in [0.1, 0.15) is 37.7 Å². The molecule has 1 aromatic heterocycles. The predicted octanol–water partition coefficient (Wildman–Crippen LogP) is 2.17. The molecule has 0 radical (unpaired) electrons. The highest BCUT2D eigenvalue weighted by atomic mass is 32.1.